The maximum atomic E-state index is 13.6. The van der Waals surface area contributed by atoms with Gasteiger partial charge >= 0.3 is 0 Å². The van der Waals surface area contributed by atoms with E-state index < -0.39 is 6.04 Å². The number of benzene rings is 2. The number of morpholine rings is 1. The molecule has 8 nitrogen and oxygen atoms in total. The average Bonchev–Trinajstić information content (AvgIpc) is 3.14. The van der Waals surface area contributed by atoms with Crippen LogP contribution in [0.2, 0.25) is 0 Å². The van der Waals surface area contributed by atoms with Gasteiger partial charge in [0.05, 0.1) is 44.4 Å². The highest BCUT2D eigenvalue weighted by Gasteiger charge is 2.44. The standard InChI is InChI=1S/C25H26N2O6/c1-30-16-7-8-19(31-2)18(15-16)22-21-23(28)17-5-3-4-6-20(17)33-24(21)25(29)27(22)10-9-26-11-13-32-14-12-26/h3-8,15,22H,9-14H2,1-2H3. The van der Waals surface area contributed by atoms with Crippen LogP contribution in [-0.2, 0) is 4.74 Å². The molecule has 33 heavy (non-hydrogen) atoms. The second kappa shape index (κ2) is 8.88. The molecule has 5 rings (SSSR count). The minimum Gasteiger partial charge on any atom is -0.497 e. The van der Waals surface area contributed by atoms with Gasteiger partial charge in [0.2, 0.25) is 5.76 Å². The van der Waals surface area contributed by atoms with Crippen molar-refractivity contribution in [3.63, 3.8) is 0 Å². The number of amides is 1. The van der Waals surface area contributed by atoms with Crippen LogP contribution in [0.5, 0.6) is 11.5 Å². The molecule has 1 aromatic heterocycles. The fourth-order valence-electron chi connectivity index (χ4n) is 4.65. The molecule has 2 aromatic carbocycles. The SMILES string of the molecule is COc1ccc(OC)c(C2c3c(oc4ccccc4c3=O)C(=O)N2CCN2CCOCC2)c1. The lowest BCUT2D eigenvalue weighted by molar-refractivity contribution is 0.0314. The first-order chi connectivity index (χ1) is 16.1. The Balaban J connectivity index is 1.65. The molecule has 1 unspecified atom stereocenters. The van der Waals surface area contributed by atoms with E-state index >= 15 is 0 Å². The molecule has 3 heterocycles. The van der Waals surface area contributed by atoms with Crippen LogP contribution in [0.4, 0.5) is 0 Å². The van der Waals surface area contributed by atoms with Gasteiger partial charge in [0, 0.05) is 31.7 Å². The minimum absolute atomic E-state index is 0.0931. The summed E-state index contributed by atoms with van der Waals surface area (Å²) in [6, 6.07) is 11.8. The third kappa shape index (κ3) is 3.75. The molecule has 1 amide bonds. The van der Waals surface area contributed by atoms with Crippen LogP contribution in [0, 0.1) is 0 Å². The number of para-hydroxylation sites is 1. The Morgan fingerprint density at radius 3 is 2.55 bits per heavy atom. The van der Waals surface area contributed by atoms with Gasteiger partial charge < -0.3 is 23.5 Å². The van der Waals surface area contributed by atoms with Crippen LogP contribution in [0.25, 0.3) is 11.0 Å². The molecular weight excluding hydrogens is 424 g/mol. The number of carbonyl (C=O) groups is 1. The predicted octanol–water partition coefficient (Wildman–Crippen LogP) is 2.69. The molecular formula is C25H26N2O6. The Bertz CT molecular complexity index is 1250. The van der Waals surface area contributed by atoms with Gasteiger partial charge in [-0.2, -0.15) is 0 Å². The highest BCUT2D eigenvalue weighted by molar-refractivity contribution is 5.99. The van der Waals surface area contributed by atoms with Gasteiger partial charge in [0.15, 0.2) is 5.43 Å². The van der Waals surface area contributed by atoms with E-state index in [0.29, 0.717) is 59.9 Å². The maximum absolute atomic E-state index is 13.6. The number of carbonyl (C=O) groups excluding carboxylic acids is 1. The van der Waals surface area contributed by atoms with Gasteiger partial charge in [-0.15, -0.1) is 0 Å². The van der Waals surface area contributed by atoms with Crippen molar-refractivity contribution in [2.45, 2.75) is 6.04 Å². The van der Waals surface area contributed by atoms with Crippen molar-refractivity contribution < 1.29 is 23.4 Å². The van der Waals surface area contributed by atoms with Gasteiger partial charge in [0.25, 0.3) is 5.91 Å². The molecule has 0 aliphatic carbocycles. The summed E-state index contributed by atoms with van der Waals surface area (Å²) < 4.78 is 22.5. The Morgan fingerprint density at radius 1 is 1.00 bits per heavy atom. The monoisotopic (exact) mass is 450 g/mol. The fourth-order valence-corrected chi connectivity index (χ4v) is 4.65. The van der Waals surface area contributed by atoms with Crippen molar-refractivity contribution in [3.05, 3.63) is 69.6 Å². The lowest BCUT2D eigenvalue weighted by atomic mass is 9.97. The van der Waals surface area contributed by atoms with Gasteiger partial charge in [-0.05, 0) is 30.3 Å². The van der Waals surface area contributed by atoms with Crippen LogP contribution in [0.1, 0.15) is 27.7 Å². The number of nitrogens with zero attached hydrogens (tertiary/aromatic N) is 2. The first-order valence-electron chi connectivity index (χ1n) is 11.0. The molecule has 0 bridgehead atoms. The normalized spacial score (nSPS) is 18.5. The topological polar surface area (TPSA) is 81.5 Å². The van der Waals surface area contributed by atoms with E-state index in [0.717, 1.165) is 13.1 Å². The van der Waals surface area contributed by atoms with Gasteiger partial charge in [-0.1, -0.05) is 12.1 Å². The molecule has 1 saturated heterocycles. The molecule has 0 radical (unpaired) electrons. The number of hydrogen-bond acceptors (Lipinski definition) is 7. The van der Waals surface area contributed by atoms with E-state index in [4.69, 9.17) is 18.6 Å². The van der Waals surface area contributed by atoms with Crippen LogP contribution < -0.4 is 14.9 Å². The highest BCUT2D eigenvalue weighted by Crippen LogP contribution is 2.42. The number of ether oxygens (including phenoxy) is 3. The van der Waals surface area contributed by atoms with Crippen molar-refractivity contribution >= 4 is 16.9 Å². The third-order valence-electron chi connectivity index (χ3n) is 6.37. The van der Waals surface area contributed by atoms with Crippen molar-refractivity contribution in [1.29, 1.82) is 0 Å². The Hall–Kier alpha value is -3.36. The summed E-state index contributed by atoms with van der Waals surface area (Å²) in [4.78, 5) is 31.2. The Kier molecular flexibility index (Phi) is 5.78. The zero-order chi connectivity index (χ0) is 22.9. The van der Waals surface area contributed by atoms with Gasteiger partial charge in [-0.25, -0.2) is 0 Å². The maximum Gasteiger partial charge on any atom is 0.290 e. The number of methoxy groups -OCH3 is 2. The summed E-state index contributed by atoms with van der Waals surface area (Å²) in [5.41, 5.74) is 1.23. The predicted molar refractivity (Wildman–Crippen MR) is 122 cm³/mol. The van der Waals surface area contributed by atoms with Crippen LogP contribution in [0.3, 0.4) is 0 Å². The highest BCUT2D eigenvalue weighted by atomic mass is 16.5. The van der Waals surface area contributed by atoms with E-state index in [2.05, 4.69) is 4.90 Å². The van der Waals surface area contributed by atoms with Crippen molar-refractivity contribution in [2.75, 3.05) is 53.6 Å². The van der Waals surface area contributed by atoms with Crippen molar-refractivity contribution in [3.8, 4) is 11.5 Å². The Morgan fingerprint density at radius 2 is 1.79 bits per heavy atom. The second-order valence-electron chi connectivity index (χ2n) is 8.13. The van der Waals surface area contributed by atoms with Gasteiger partial charge in [-0.3, -0.25) is 14.5 Å². The molecule has 0 N–H and O–H groups in total. The van der Waals surface area contributed by atoms with E-state index in [-0.39, 0.29) is 17.1 Å². The Labute approximate surface area is 191 Å². The largest absolute Gasteiger partial charge is 0.497 e. The quantitative estimate of drug-likeness (QED) is 0.571. The molecule has 1 fully saturated rings. The van der Waals surface area contributed by atoms with Crippen molar-refractivity contribution in [2.24, 2.45) is 0 Å². The first kappa shape index (κ1) is 21.5. The zero-order valence-corrected chi connectivity index (χ0v) is 18.7. The lowest BCUT2D eigenvalue weighted by Crippen LogP contribution is -2.42. The summed E-state index contributed by atoms with van der Waals surface area (Å²) in [5, 5.41) is 0.450. The van der Waals surface area contributed by atoms with Crippen molar-refractivity contribution in [1.82, 2.24) is 9.80 Å². The molecule has 2 aliphatic rings. The summed E-state index contributed by atoms with van der Waals surface area (Å²) in [6.45, 7) is 4.06. The summed E-state index contributed by atoms with van der Waals surface area (Å²) >= 11 is 0. The van der Waals surface area contributed by atoms with Crippen LogP contribution in [-0.4, -0.2) is 69.3 Å². The minimum atomic E-state index is -0.639. The lowest BCUT2D eigenvalue weighted by Gasteiger charge is -2.31. The van der Waals surface area contributed by atoms with Gasteiger partial charge in [0.1, 0.15) is 17.1 Å². The molecule has 1 atom stereocenters. The average molecular weight is 450 g/mol. The molecule has 2 aliphatic heterocycles. The number of rotatable bonds is 6. The zero-order valence-electron chi connectivity index (χ0n) is 18.7. The summed E-state index contributed by atoms with van der Waals surface area (Å²) in [6.07, 6.45) is 0. The molecule has 172 valence electrons. The second-order valence-corrected chi connectivity index (χ2v) is 8.13. The third-order valence-corrected chi connectivity index (χ3v) is 6.37. The van der Waals surface area contributed by atoms with E-state index in [9.17, 15) is 9.59 Å². The summed E-state index contributed by atoms with van der Waals surface area (Å²) in [7, 11) is 3.15. The van der Waals surface area contributed by atoms with E-state index in [1.165, 1.54) is 0 Å². The fraction of sp³-hybridized carbons (Fsp3) is 0.360. The van der Waals surface area contributed by atoms with E-state index in [1.807, 2.05) is 6.07 Å². The molecule has 0 spiro atoms. The number of fused-ring (bicyclic) bond motifs is 2. The first-order valence-corrected chi connectivity index (χ1v) is 11.0. The molecule has 3 aromatic rings. The molecule has 0 saturated carbocycles. The van der Waals surface area contributed by atoms with Crippen LogP contribution >= 0.6 is 0 Å². The number of hydrogen-bond donors (Lipinski definition) is 0. The smallest absolute Gasteiger partial charge is 0.290 e. The summed E-state index contributed by atoms with van der Waals surface area (Å²) in [5.74, 6) is 0.988. The molecule has 8 heteroatoms. The van der Waals surface area contributed by atoms with Crippen LogP contribution in [0.15, 0.2) is 51.7 Å². The van der Waals surface area contributed by atoms with E-state index in [1.54, 1.807) is 55.5 Å².